The van der Waals surface area contributed by atoms with Crippen molar-refractivity contribution >= 4 is 0 Å². The lowest BCUT2D eigenvalue weighted by atomic mass is 9.77. The third-order valence-electron chi connectivity index (χ3n) is 3.38. The third-order valence-corrected chi connectivity index (χ3v) is 3.38. The lowest BCUT2D eigenvalue weighted by Gasteiger charge is -2.34. The minimum atomic E-state index is 0.652. The fraction of sp³-hybridized carbons (Fsp3) is 1.00. The molecule has 12 heavy (non-hydrogen) atoms. The highest BCUT2D eigenvalue weighted by atomic mass is 15.8. The first-order chi connectivity index (χ1) is 5.68. The maximum absolute atomic E-state index is 3.46. The lowest BCUT2D eigenvalue weighted by molar-refractivity contribution is 0.208. The topological polar surface area (TPSA) is 27.3 Å². The van der Waals surface area contributed by atoms with Crippen molar-refractivity contribution in [3.8, 4) is 0 Å². The van der Waals surface area contributed by atoms with Gasteiger partial charge in [-0.2, -0.15) is 5.12 Å². The molecule has 0 aromatic heterocycles. The van der Waals surface area contributed by atoms with Crippen LogP contribution in [0.5, 0.6) is 0 Å². The SMILES string of the molecule is C[C@@H]1CC[C@H](C)[C@@H]2NN(C)N[C@@H]21. The molecular weight excluding hydrogens is 150 g/mol. The highest BCUT2D eigenvalue weighted by Crippen LogP contribution is 2.31. The van der Waals surface area contributed by atoms with Crippen molar-refractivity contribution in [1.29, 1.82) is 0 Å². The number of hydrogen-bond acceptors (Lipinski definition) is 3. The summed E-state index contributed by atoms with van der Waals surface area (Å²) in [4.78, 5) is 0. The molecule has 0 amide bonds. The van der Waals surface area contributed by atoms with E-state index >= 15 is 0 Å². The summed E-state index contributed by atoms with van der Waals surface area (Å²) in [5.74, 6) is 1.62. The molecule has 1 aliphatic carbocycles. The predicted octanol–water partition coefficient (Wildman–Crippen LogP) is 0.744. The molecule has 3 nitrogen and oxygen atoms in total. The summed E-state index contributed by atoms with van der Waals surface area (Å²) < 4.78 is 0. The summed E-state index contributed by atoms with van der Waals surface area (Å²) in [7, 11) is 2.05. The van der Waals surface area contributed by atoms with Gasteiger partial charge in [-0.3, -0.25) is 0 Å². The second-order valence-electron chi connectivity index (χ2n) is 4.40. The molecule has 0 aromatic carbocycles. The highest BCUT2D eigenvalue weighted by Gasteiger charge is 2.40. The second-order valence-corrected chi connectivity index (χ2v) is 4.40. The number of nitrogens with one attached hydrogen (secondary N) is 2. The zero-order valence-corrected chi connectivity index (χ0v) is 8.17. The average molecular weight is 169 g/mol. The van der Waals surface area contributed by atoms with Gasteiger partial charge in [0.15, 0.2) is 0 Å². The van der Waals surface area contributed by atoms with E-state index in [1.54, 1.807) is 0 Å². The van der Waals surface area contributed by atoms with Crippen molar-refractivity contribution in [2.45, 2.75) is 38.8 Å². The van der Waals surface area contributed by atoms with Crippen LogP contribution in [-0.2, 0) is 0 Å². The summed E-state index contributed by atoms with van der Waals surface area (Å²) in [5.41, 5.74) is 6.92. The molecule has 1 saturated heterocycles. The van der Waals surface area contributed by atoms with E-state index in [2.05, 4.69) is 31.7 Å². The number of fused-ring (bicyclic) bond motifs is 1. The molecule has 70 valence electrons. The van der Waals surface area contributed by atoms with Gasteiger partial charge in [-0.25, -0.2) is 10.9 Å². The van der Waals surface area contributed by atoms with Gasteiger partial charge < -0.3 is 0 Å². The smallest absolute Gasteiger partial charge is 0.0424 e. The van der Waals surface area contributed by atoms with Gasteiger partial charge in [0, 0.05) is 19.1 Å². The summed E-state index contributed by atoms with van der Waals surface area (Å²) in [5, 5.41) is 2.02. The molecule has 0 radical (unpaired) electrons. The first-order valence-corrected chi connectivity index (χ1v) is 4.94. The molecule has 1 heterocycles. The lowest BCUT2D eigenvalue weighted by Crippen LogP contribution is -2.46. The van der Waals surface area contributed by atoms with Crippen molar-refractivity contribution in [3.05, 3.63) is 0 Å². The van der Waals surface area contributed by atoms with Gasteiger partial charge in [-0.05, 0) is 24.7 Å². The van der Waals surface area contributed by atoms with Gasteiger partial charge >= 0.3 is 0 Å². The molecule has 0 bridgehead atoms. The summed E-state index contributed by atoms with van der Waals surface area (Å²) >= 11 is 0. The Kier molecular flexibility index (Phi) is 2.10. The van der Waals surface area contributed by atoms with Crippen LogP contribution in [0.15, 0.2) is 0 Å². The Morgan fingerprint density at radius 1 is 1.00 bits per heavy atom. The third kappa shape index (κ3) is 1.26. The van der Waals surface area contributed by atoms with Crippen molar-refractivity contribution in [1.82, 2.24) is 16.0 Å². The molecule has 0 aromatic rings. The van der Waals surface area contributed by atoms with Crippen molar-refractivity contribution in [2.75, 3.05) is 7.05 Å². The van der Waals surface area contributed by atoms with E-state index in [-0.39, 0.29) is 0 Å². The monoisotopic (exact) mass is 169 g/mol. The summed E-state index contributed by atoms with van der Waals surface area (Å²) in [6.45, 7) is 4.69. The molecule has 0 unspecified atom stereocenters. The van der Waals surface area contributed by atoms with Gasteiger partial charge in [0.05, 0.1) is 0 Å². The molecule has 1 saturated carbocycles. The highest BCUT2D eigenvalue weighted by molar-refractivity contribution is 4.95. The minimum absolute atomic E-state index is 0.652. The zero-order valence-electron chi connectivity index (χ0n) is 8.17. The fourth-order valence-electron chi connectivity index (χ4n) is 2.49. The van der Waals surface area contributed by atoms with Crippen LogP contribution in [0.1, 0.15) is 26.7 Å². The largest absolute Gasteiger partial charge is 0.237 e. The maximum atomic E-state index is 3.46. The van der Waals surface area contributed by atoms with E-state index in [0.29, 0.717) is 12.1 Å². The first kappa shape index (κ1) is 8.48. The van der Waals surface area contributed by atoms with Crippen LogP contribution >= 0.6 is 0 Å². The molecule has 2 rings (SSSR count). The predicted molar refractivity (Wildman–Crippen MR) is 49.2 cm³/mol. The van der Waals surface area contributed by atoms with Gasteiger partial charge in [-0.1, -0.05) is 13.8 Å². The van der Waals surface area contributed by atoms with E-state index < -0.39 is 0 Å². The van der Waals surface area contributed by atoms with E-state index in [4.69, 9.17) is 0 Å². The average Bonchev–Trinajstić information content (AvgIpc) is 2.41. The Hall–Kier alpha value is -0.120. The molecule has 1 aliphatic heterocycles. The van der Waals surface area contributed by atoms with Crippen LogP contribution < -0.4 is 10.9 Å². The van der Waals surface area contributed by atoms with Crippen molar-refractivity contribution in [3.63, 3.8) is 0 Å². The van der Waals surface area contributed by atoms with E-state index in [0.717, 1.165) is 11.8 Å². The second kappa shape index (κ2) is 2.98. The number of hydrazine groups is 2. The van der Waals surface area contributed by atoms with Crippen molar-refractivity contribution < 1.29 is 0 Å². The molecule has 0 spiro atoms. The maximum Gasteiger partial charge on any atom is 0.0424 e. The Morgan fingerprint density at radius 2 is 1.42 bits per heavy atom. The van der Waals surface area contributed by atoms with E-state index in [1.807, 2.05) is 5.12 Å². The molecule has 2 fully saturated rings. The first-order valence-electron chi connectivity index (χ1n) is 4.94. The van der Waals surface area contributed by atoms with Crippen LogP contribution in [0.3, 0.4) is 0 Å². The Morgan fingerprint density at radius 3 is 1.83 bits per heavy atom. The van der Waals surface area contributed by atoms with Crippen LogP contribution in [0.2, 0.25) is 0 Å². The Labute approximate surface area is 74.4 Å². The molecular formula is C9H19N3. The van der Waals surface area contributed by atoms with Gasteiger partial charge in [0.2, 0.25) is 0 Å². The zero-order chi connectivity index (χ0) is 8.72. The molecule has 4 atom stereocenters. The Balaban J connectivity index is 2.09. The number of rotatable bonds is 0. The van der Waals surface area contributed by atoms with E-state index in [9.17, 15) is 0 Å². The standard InChI is InChI=1S/C9H19N3/c1-6-4-5-7(2)9-8(6)10-12(3)11-9/h6-11H,4-5H2,1-3H3/t6-,7+,8-,9+. The molecule has 3 heteroatoms. The quantitative estimate of drug-likeness (QED) is 0.560. The normalized spacial score (nSPS) is 49.2. The number of hydrogen-bond donors (Lipinski definition) is 2. The van der Waals surface area contributed by atoms with Crippen LogP contribution in [0.4, 0.5) is 0 Å². The van der Waals surface area contributed by atoms with Gasteiger partial charge in [0.1, 0.15) is 0 Å². The Bertz CT molecular complexity index is 153. The fourth-order valence-corrected chi connectivity index (χ4v) is 2.49. The van der Waals surface area contributed by atoms with Crippen molar-refractivity contribution in [2.24, 2.45) is 11.8 Å². The number of nitrogens with zero attached hydrogens (tertiary/aromatic N) is 1. The summed E-state index contributed by atoms with van der Waals surface area (Å²) in [6, 6.07) is 1.30. The van der Waals surface area contributed by atoms with Crippen LogP contribution in [0, 0.1) is 11.8 Å². The van der Waals surface area contributed by atoms with Crippen LogP contribution in [0.25, 0.3) is 0 Å². The van der Waals surface area contributed by atoms with E-state index in [1.165, 1.54) is 12.8 Å². The molecule has 2 N–H and O–H groups in total. The summed E-state index contributed by atoms with van der Waals surface area (Å²) in [6.07, 6.45) is 2.73. The van der Waals surface area contributed by atoms with Gasteiger partial charge in [0.25, 0.3) is 0 Å². The van der Waals surface area contributed by atoms with Gasteiger partial charge in [-0.15, -0.1) is 0 Å². The molecule has 2 aliphatic rings. The van der Waals surface area contributed by atoms with Crippen LogP contribution in [-0.4, -0.2) is 24.2 Å². The minimum Gasteiger partial charge on any atom is -0.237 e.